The summed E-state index contributed by atoms with van der Waals surface area (Å²) >= 11 is 0. The maximum absolute atomic E-state index is 13.4. The highest BCUT2D eigenvalue weighted by molar-refractivity contribution is 6.03. The molecular weight excluding hydrogens is 496 g/mol. The average Bonchev–Trinajstić information content (AvgIpc) is 2.93. The summed E-state index contributed by atoms with van der Waals surface area (Å²) in [6, 6.07) is 15.4. The maximum Gasteiger partial charge on any atom is 0.418 e. The lowest BCUT2D eigenvalue weighted by atomic mass is 9.77. The van der Waals surface area contributed by atoms with Gasteiger partial charge in [0.15, 0.2) is 0 Å². The Morgan fingerprint density at radius 3 is 2.37 bits per heavy atom. The predicted octanol–water partition coefficient (Wildman–Crippen LogP) is 8.63. The van der Waals surface area contributed by atoms with E-state index >= 15 is 0 Å². The van der Waals surface area contributed by atoms with Crippen LogP contribution >= 0.6 is 0 Å². The number of carbonyl (C=O) groups is 1. The third kappa shape index (κ3) is 5.49. The van der Waals surface area contributed by atoms with Gasteiger partial charge in [-0.2, -0.15) is 13.2 Å². The van der Waals surface area contributed by atoms with Gasteiger partial charge in [-0.3, -0.25) is 4.90 Å². The topological polar surface area (TPSA) is 41.6 Å². The summed E-state index contributed by atoms with van der Waals surface area (Å²) in [5, 5.41) is 2.29. The Kier molecular flexibility index (Phi) is 7.32. The van der Waals surface area contributed by atoms with Gasteiger partial charge < -0.3 is 10.1 Å². The molecule has 8 heteroatoms. The number of hydrogen-bond acceptors (Lipinski definition) is 2. The first-order valence-electron chi connectivity index (χ1n) is 13.1. The van der Waals surface area contributed by atoms with Crippen LogP contribution in [0.1, 0.15) is 56.1 Å². The number of alkyl halides is 3. The molecule has 0 radical (unpaired) electrons. The van der Waals surface area contributed by atoms with Crippen LogP contribution in [-0.4, -0.2) is 19.2 Å². The molecule has 0 unspecified atom stereocenters. The summed E-state index contributed by atoms with van der Waals surface area (Å²) in [7, 11) is 0. The largest absolute Gasteiger partial charge is 0.490 e. The number of benzene rings is 3. The minimum absolute atomic E-state index is 0.162. The van der Waals surface area contributed by atoms with Crippen LogP contribution in [0.4, 0.5) is 33.7 Å². The van der Waals surface area contributed by atoms with Crippen molar-refractivity contribution in [2.75, 3.05) is 23.4 Å². The Morgan fingerprint density at radius 1 is 0.974 bits per heavy atom. The number of anilines is 2. The zero-order valence-electron chi connectivity index (χ0n) is 21.2. The van der Waals surface area contributed by atoms with Gasteiger partial charge in [0.1, 0.15) is 18.2 Å². The molecular formula is C30H30F4N2O2. The van der Waals surface area contributed by atoms with Crippen LogP contribution in [-0.2, 0) is 6.18 Å². The van der Waals surface area contributed by atoms with Crippen molar-refractivity contribution >= 4 is 17.4 Å². The molecule has 2 aliphatic rings. The molecule has 1 aliphatic carbocycles. The van der Waals surface area contributed by atoms with Gasteiger partial charge in [0.25, 0.3) is 0 Å². The number of nitrogens with one attached hydrogen (secondary N) is 1. The Hall–Kier alpha value is -3.55. The summed E-state index contributed by atoms with van der Waals surface area (Å²) in [6.45, 7) is 2.62. The molecule has 1 saturated carbocycles. The molecule has 4 nitrogen and oxygen atoms in total. The third-order valence-corrected chi connectivity index (χ3v) is 7.74. The smallest absolute Gasteiger partial charge is 0.418 e. The highest BCUT2D eigenvalue weighted by Gasteiger charge is 2.35. The van der Waals surface area contributed by atoms with Crippen molar-refractivity contribution in [3.8, 4) is 16.9 Å². The monoisotopic (exact) mass is 526 g/mol. The Morgan fingerprint density at radius 2 is 1.68 bits per heavy atom. The number of fused-ring (bicyclic) bond motifs is 1. The minimum Gasteiger partial charge on any atom is -0.490 e. The highest BCUT2D eigenvalue weighted by atomic mass is 19.4. The zero-order chi connectivity index (χ0) is 26.9. The highest BCUT2D eigenvalue weighted by Crippen LogP contribution is 2.40. The maximum atomic E-state index is 13.4. The standard InChI is InChI=1S/C30H30F4N2O2/c1-2-19-3-5-20(6-4-19)21-7-9-22(10-8-21)23-11-14-27-28(17-23)38-16-15-36(27)29(37)35-26-13-12-24(31)18-25(26)30(32,33)34/h7-14,17-20H,2-6,15-16H2,1H3,(H,35,37). The Balaban J connectivity index is 1.32. The van der Waals surface area contributed by atoms with Crippen molar-refractivity contribution in [3.63, 3.8) is 0 Å². The summed E-state index contributed by atoms with van der Waals surface area (Å²) in [4.78, 5) is 14.3. The molecule has 1 aliphatic heterocycles. The molecule has 0 aromatic heterocycles. The van der Waals surface area contributed by atoms with Gasteiger partial charge in [0.05, 0.1) is 23.5 Å². The van der Waals surface area contributed by atoms with Gasteiger partial charge in [-0.1, -0.05) is 43.7 Å². The quantitative estimate of drug-likeness (QED) is 0.346. The Bertz CT molecular complexity index is 1300. The SMILES string of the molecule is CCC1CCC(c2ccc(-c3ccc4c(c3)OCCN4C(=O)Nc3ccc(F)cc3C(F)(F)F)cc2)CC1. The number of amides is 2. The summed E-state index contributed by atoms with van der Waals surface area (Å²) in [6.07, 6.45) is 1.47. The number of carbonyl (C=O) groups excluding carboxylic acids is 1. The van der Waals surface area contributed by atoms with Crippen LogP contribution < -0.4 is 15.0 Å². The van der Waals surface area contributed by atoms with Crippen LogP contribution in [0.5, 0.6) is 5.75 Å². The molecule has 200 valence electrons. The van der Waals surface area contributed by atoms with E-state index in [1.54, 1.807) is 6.07 Å². The van der Waals surface area contributed by atoms with Gasteiger partial charge in [0, 0.05) is 0 Å². The van der Waals surface area contributed by atoms with E-state index in [9.17, 15) is 22.4 Å². The fraction of sp³-hybridized carbons (Fsp3) is 0.367. The molecule has 1 N–H and O–H groups in total. The van der Waals surface area contributed by atoms with Crippen LogP contribution in [0.2, 0.25) is 0 Å². The molecule has 1 heterocycles. The van der Waals surface area contributed by atoms with E-state index in [2.05, 4.69) is 36.5 Å². The summed E-state index contributed by atoms with van der Waals surface area (Å²) < 4.78 is 59.4. The van der Waals surface area contributed by atoms with E-state index in [0.29, 0.717) is 23.4 Å². The number of nitrogens with zero attached hydrogens (tertiary/aromatic N) is 1. The normalized spacial score (nSPS) is 19.4. The van der Waals surface area contributed by atoms with E-state index in [-0.39, 0.29) is 13.2 Å². The molecule has 38 heavy (non-hydrogen) atoms. The zero-order valence-corrected chi connectivity index (χ0v) is 21.2. The number of urea groups is 1. The molecule has 0 atom stereocenters. The number of ether oxygens (including phenoxy) is 1. The molecule has 5 rings (SSSR count). The van der Waals surface area contributed by atoms with E-state index in [0.717, 1.165) is 29.2 Å². The molecule has 3 aromatic carbocycles. The van der Waals surface area contributed by atoms with Crippen molar-refractivity contribution in [2.24, 2.45) is 5.92 Å². The number of hydrogen-bond donors (Lipinski definition) is 1. The summed E-state index contributed by atoms with van der Waals surface area (Å²) in [5.41, 5.74) is 2.01. The van der Waals surface area contributed by atoms with Gasteiger partial charge in [-0.25, -0.2) is 9.18 Å². The van der Waals surface area contributed by atoms with Crippen molar-refractivity contribution in [2.45, 2.75) is 51.1 Å². The van der Waals surface area contributed by atoms with Crippen molar-refractivity contribution in [1.82, 2.24) is 0 Å². The second kappa shape index (κ2) is 10.7. The minimum atomic E-state index is -4.81. The van der Waals surface area contributed by atoms with Crippen LogP contribution in [0.15, 0.2) is 60.7 Å². The molecule has 0 spiro atoms. The Labute approximate surface area is 219 Å². The van der Waals surface area contributed by atoms with Crippen LogP contribution in [0, 0.1) is 11.7 Å². The van der Waals surface area contributed by atoms with Crippen LogP contribution in [0.25, 0.3) is 11.1 Å². The molecule has 0 bridgehead atoms. The molecule has 3 aromatic rings. The third-order valence-electron chi connectivity index (χ3n) is 7.74. The predicted molar refractivity (Wildman–Crippen MR) is 140 cm³/mol. The van der Waals surface area contributed by atoms with Gasteiger partial charge in [-0.15, -0.1) is 0 Å². The van der Waals surface area contributed by atoms with E-state index < -0.39 is 29.3 Å². The fourth-order valence-corrected chi connectivity index (χ4v) is 5.51. The molecule has 0 saturated heterocycles. The van der Waals surface area contributed by atoms with E-state index in [4.69, 9.17) is 4.74 Å². The fourth-order valence-electron chi connectivity index (χ4n) is 5.51. The molecule has 2 amide bonds. The van der Waals surface area contributed by atoms with Gasteiger partial charge >= 0.3 is 12.2 Å². The van der Waals surface area contributed by atoms with Crippen molar-refractivity contribution in [3.05, 3.63) is 77.6 Å². The number of halogens is 4. The lowest BCUT2D eigenvalue weighted by molar-refractivity contribution is -0.137. The average molecular weight is 527 g/mol. The van der Waals surface area contributed by atoms with E-state index in [1.165, 1.54) is 42.6 Å². The molecule has 1 fully saturated rings. The number of rotatable bonds is 4. The first-order chi connectivity index (χ1) is 18.2. The van der Waals surface area contributed by atoms with E-state index in [1.807, 2.05) is 12.1 Å². The van der Waals surface area contributed by atoms with Gasteiger partial charge in [-0.05, 0) is 84.5 Å². The second-order valence-corrected chi connectivity index (χ2v) is 10.0. The first-order valence-corrected chi connectivity index (χ1v) is 13.1. The van der Waals surface area contributed by atoms with Crippen LogP contribution in [0.3, 0.4) is 0 Å². The lowest BCUT2D eigenvalue weighted by Gasteiger charge is -2.30. The summed E-state index contributed by atoms with van der Waals surface area (Å²) in [5.74, 6) is 0.896. The lowest BCUT2D eigenvalue weighted by Crippen LogP contribution is -2.41. The van der Waals surface area contributed by atoms with Crippen molar-refractivity contribution < 1.29 is 27.1 Å². The van der Waals surface area contributed by atoms with Gasteiger partial charge in [0.2, 0.25) is 0 Å². The second-order valence-electron chi connectivity index (χ2n) is 10.0. The van der Waals surface area contributed by atoms with Crippen molar-refractivity contribution in [1.29, 1.82) is 0 Å². The first kappa shape index (κ1) is 26.1.